The van der Waals surface area contributed by atoms with Crippen LogP contribution in [-0.4, -0.2) is 15.4 Å². The molecule has 0 aliphatic heterocycles. The van der Waals surface area contributed by atoms with Gasteiger partial charge < -0.3 is 5.73 Å². The van der Waals surface area contributed by atoms with Crippen molar-refractivity contribution in [3.63, 3.8) is 0 Å². The van der Waals surface area contributed by atoms with E-state index in [9.17, 15) is 0 Å². The van der Waals surface area contributed by atoms with Crippen LogP contribution in [0.2, 0.25) is 0 Å². The molecule has 60 valence electrons. The molecule has 12 heavy (non-hydrogen) atoms. The molecule has 3 N–H and O–H groups in total. The highest BCUT2D eigenvalue weighted by Gasteiger charge is 1.98. The number of nitrogens with zero attached hydrogens (tertiary/aromatic N) is 2. The summed E-state index contributed by atoms with van der Waals surface area (Å²) in [6, 6.07) is 7.52. The Bertz CT molecular complexity index is 366. The maximum Gasteiger partial charge on any atom is 0.112 e. The number of aromatic amines is 1. The lowest BCUT2D eigenvalue weighted by Crippen LogP contribution is -1.84. The summed E-state index contributed by atoms with van der Waals surface area (Å²) in [6.45, 7) is 0. The van der Waals surface area contributed by atoms with Gasteiger partial charge in [-0.15, -0.1) is 0 Å². The van der Waals surface area contributed by atoms with Crippen LogP contribution >= 0.6 is 0 Å². The van der Waals surface area contributed by atoms with Gasteiger partial charge in [0.1, 0.15) is 5.69 Å². The third-order valence-corrected chi connectivity index (χ3v) is 1.60. The molecular weight excluding hydrogens is 152 g/mol. The number of H-pyrrole nitrogens is 1. The van der Waals surface area contributed by atoms with Crippen molar-refractivity contribution >= 4 is 5.69 Å². The zero-order chi connectivity index (χ0) is 8.39. The SMILES string of the molecule is Nc1cccc(-c2cn[nH]n2)c1. The Morgan fingerprint density at radius 2 is 2.25 bits per heavy atom. The van der Waals surface area contributed by atoms with E-state index in [0.29, 0.717) is 0 Å². The topological polar surface area (TPSA) is 67.6 Å². The quantitative estimate of drug-likeness (QED) is 0.613. The molecule has 0 unspecified atom stereocenters. The first-order valence-corrected chi connectivity index (χ1v) is 3.58. The molecule has 4 heteroatoms. The van der Waals surface area contributed by atoms with Gasteiger partial charge in [0.05, 0.1) is 6.20 Å². The normalized spacial score (nSPS) is 10.0. The molecule has 0 atom stereocenters. The van der Waals surface area contributed by atoms with Crippen LogP contribution < -0.4 is 5.73 Å². The Morgan fingerprint density at radius 3 is 2.92 bits per heavy atom. The number of benzene rings is 1. The van der Waals surface area contributed by atoms with Gasteiger partial charge in [0, 0.05) is 11.3 Å². The molecular formula is C8H8N4. The summed E-state index contributed by atoms with van der Waals surface area (Å²) in [6.07, 6.45) is 1.66. The van der Waals surface area contributed by atoms with Crippen LogP contribution in [0.4, 0.5) is 5.69 Å². The highest BCUT2D eigenvalue weighted by molar-refractivity contribution is 5.62. The maximum atomic E-state index is 5.61. The maximum absolute atomic E-state index is 5.61. The van der Waals surface area contributed by atoms with E-state index in [0.717, 1.165) is 16.9 Å². The molecule has 0 fully saturated rings. The van der Waals surface area contributed by atoms with Gasteiger partial charge in [0.2, 0.25) is 0 Å². The monoisotopic (exact) mass is 160 g/mol. The molecule has 2 aromatic rings. The first-order chi connectivity index (χ1) is 5.86. The Morgan fingerprint density at radius 1 is 1.33 bits per heavy atom. The van der Waals surface area contributed by atoms with E-state index in [4.69, 9.17) is 5.73 Å². The Hall–Kier alpha value is -1.84. The summed E-state index contributed by atoms with van der Waals surface area (Å²) in [7, 11) is 0. The third kappa shape index (κ3) is 1.14. The van der Waals surface area contributed by atoms with Crippen LogP contribution in [0, 0.1) is 0 Å². The molecule has 0 bridgehead atoms. The number of nitrogen functional groups attached to an aromatic ring is 1. The number of nitrogens with one attached hydrogen (secondary N) is 1. The lowest BCUT2D eigenvalue weighted by Gasteiger charge is -1.95. The van der Waals surface area contributed by atoms with Crippen LogP contribution in [0.1, 0.15) is 0 Å². The van der Waals surface area contributed by atoms with Crippen LogP contribution in [0.25, 0.3) is 11.3 Å². The van der Waals surface area contributed by atoms with Crippen molar-refractivity contribution in [2.24, 2.45) is 0 Å². The van der Waals surface area contributed by atoms with Gasteiger partial charge in [0.25, 0.3) is 0 Å². The second kappa shape index (κ2) is 2.65. The van der Waals surface area contributed by atoms with Crippen LogP contribution in [0.15, 0.2) is 30.5 Å². The number of aromatic nitrogens is 3. The average Bonchev–Trinajstić information content (AvgIpc) is 2.56. The van der Waals surface area contributed by atoms with Gasteiger partial charge in [-0.2, -0.15) is 15.4 Å². The molecule has 1 aromatic carbocycles. The minimum Gasteiger partial charge on any atom is -0.399 e. The lowest BCUT2D eigenvalue weighted by molar-refractivity contribution is 0.942. The van der Waals surface area contributed by atoms with Crippen molar-refractivity contribution in [2.45, 2.75) is 0 Å². The van der Waals surface area contributed by atoms with Crippen molar-refractivity contribution in [3.05, 3.63) is 30.5 Å². The van der Waals surface area contributed by atoms with Gasteiger partial charge in [-0.25, -0.2) is 0 Å². The second-order valence-electron chi connectivity index (χ2n) is 2.48. The summed E-state index contributed by atoms with van der Waals surface area (Å²) in [5.74, 6) is 0. The van der Waals surface area contributed by atoms with E-state index >= 15 is 0 Å². The number of hydrogen-bond acceptors (Lipinski definition) is 3. The molecule has 0 saturated carbocycles. The van der Waals surface area contributed by atoms with E-state index in [2.05, 4.69) is 15.4 Å². The number of hydrogen-bond donors (Lipinski definition) is 2. The summed E-state index contributed by atoms with van der Waals surface area (Å²) in [4.78, 5) is 0. The first-order valence-electron chi connectivity index (χ1n) is 3.58. The van der Waals surface area contributed by atoms with Crippen molar-refractivity contribution in [1.29, 1.82) is 0 Å². The largest absolute Gasteiger partial charge is 0.399 e. The molecule has 1 aromatic heterocycles. The summed E-state index contributed by atoms with van der Waals surface area (Å²) >= 11 is 0. The molecule has 0 aliphatic carbocycles. The van der Waals surface area contributed by atoms with Crippen LogP contribution in [0.3, 0.4) is 0 Å². The van der Waals surface area contributed by atoms with E-state index in [1.54, 1.807) is 6.20 Å². The smallest absolute Gasteiger partial charge is 0.112 e. The van der Waals surface area contributed by atoms with E-state index in [1.165, 1.54) is 0 Å². The minimum atomic E-state index is 0.732. The molecule has 0 spiro atoms. The van der Waals surface area contributed by atoms with Crippen molar-refractivity contribution in [2.75, 3.05) is 5.73 Å². The molecule has 0 amide bonds. The average molecular weight is 160 g/mol. The predicted molar refractivity (Wildman–Crippen MR) is 46.2 cm³/mol. The third-order valence-electron chi connectivity index (χ3n) is 1.60. The van der Waals surface area contributed by atoms with Crippen LogP contribution in [0.5, 0.6) is 0 Å². The number of anilines is 1. The first kappa shape index (κ1) is 6.84. The zero-order valence-electron chi connectivity index (χ0n) is 6.36. The van der Waals surface area contributed by atoms with Crippen molar-refractivity contribution < 1.29 is 0 Å². The van der Waals surface area contributed by atoms with Gasteiger partial charge in [-0.05, 0) is 12.1 Å². The summed E-state index contributed by atoms with van der Waals surface area (Å²) < 4.78 is 0. The lowest BCUT2D eigenvalue weighted by atomic mass is 10.1. The fourth-order valence-electron chi connectivity index (χ4n) is 1.04. The molecule has 0 radical (unpaired) electrons. The molecule has 4 nitrogen and oxygen atoms in total. The van der Waals surface area contributed by atoms with Gasteiger partial charge in [0.15, 0.2) is 0 Å². The van der Waals surface area contributed by atoms with E-state index in [-0.39, 0.29) is 0 Å². The standard InChI is InChI=1S/C8H8N4/c9-7-3-1-2-6(4-7)8-5-10-12-11-8/h1-5H,9H2,(H,10,11,12). The summed E-state index contributed by atoms with van der Waals surface area (Å²) in [5.41, 5.74) is 8.12. The Kier molecular flexibility index (Phi) is 1.51. The number of rotatable bonds is 1. The van der Waals surface area contributed by atoms with Crippen molar-refractivity contribution in [1.82, 2.24) is 15.4 Å². The molecule has 0 saturated heterocycles. The van der Waals surface area contributed by atoms with E-state index in [1.807, 2.05) is 24.3 Å². The van der Waals surface area contributed by atoms with Gasteiger partial charge in [-0.3, -0.25) is 0 Å². The Balaban J connectivity index is 2.48. The van der Waals surface area contributed by atoms with Crippen LogP contribution in [-0.2, 0) is 0 Å². The fourth-order valence-corrected chi connectivity index (χ4v) is 1.04. The number of nitrogens with two attached hydrogens (primary N) is 1. The highest BCUT2D eigenvalue weighted by atomic mass is 15.3. The van der Waals surface area contributed by atoms with Gasteiger partial charge >= 0.3 is 0 Å². The molecule has 2 rings (SSSR count). The zero-order valence-corrected chi connectivity index (χ0v) is 6.36. The molecule has 0 aliphatic rings. The van der Waals surface area contributed by atoms with Gasteiger partial charge in [-0.1, -0.05) is 12.1 Å². The summed E-state index contributed by atoms with van der Waals surface area (Å²) in [5, 5.41) is 10.2. The van der Waals surface area contributed by atoms with Crippen molar-refractivity contribution in [3.8, 4) is 11.3 Å². The minimum absolute atomic E-state index is 0.732. The van der Waals surface area contributed by atoms with E-state index < -0.39 is 0 Å². The second-order valence-corrected chi connectivity index (χ2v) is 2.48. The fraction of sp³-hybridized carbons (Fsp3) is 0. The Labute approximate surface area is 69.4 Å². The highest BCUT2D eigenvalue weighted by Crippen LogP contribution is 2.17. The molecule has 1 heterocycles. The predicted octanol–water partition coefficient (Wildman–Crippen LogP) is 1.05.